The number of hydrogen-bond acceptors (Lipinski definition) is 1. The summed E-state index contributed by atoms with van der Waals surface area (Å²) in [6, 6.07) is 7.00. The van der Waals surface area contributed by atoms with Gasteiger partial charge in [0.05, 0.1) is 0 Å². The molecule has 0 aliphatic heterocycles. The lowest BCUT2D eigenvalue weighted by atomic mass is 10.0. The molecular formula is C13H18F2O. The van der Waals surface area contributed by atoms with Crippen molar-refractivity contribution in [2.24, 2.45) is 5.92 Å². The molecule has 0 saturated carbocycles. The molecule has 0 N–H and O–H groups in total. The van der Waals surface area contributed by atoms with Crippen molar-refractivity contribution in [3.8, 4) is 5.75 Å². The largest absolute Gasteiger partial charge is 0.435 e. The first-order valence-electron chi connectivity index (χ1n) is 5.62. The lowest BCUT2D eigenvalue weighted by molar-refractivity contribution is -0.0504. The molecule has 0 radical (unpaired) electrons. The van der Waals surface area contributed by atoms with Gasteiger partial charge >= 0.3 is 6.61 Å². The molecule has 1 aromatic rings. The molecule has 3 heteroatoms. The van der Waals surface area contributed by atoms with Gasteiger partial charge in [0.25, 0.3) is 0 Å². The monoisotopic (exact) mass is 228 g/mol. The van der Waals surface area contributed by atoms with E-state index in [-0.39, 0.29) is 0 Å². The Morgan fingerprint density at radius 2 is 1.88 bits per heavy atom. The molecule has 0 aliphatic carbocycles. The van der Waals surface area contributed by atoms with Crippen LogP contribution in [0, 0.1) is 5.92 Å². The molecule has 0 unspecified atom stereocenters. The third-order valence-corrected chi connectivity index (χ3v) is 2.42. The van der Waals surface area contributed by atoms with Gasteiger partial charge < -0.3 is 4.74 Å². The molecule has 0 fully saturated rings. The molecule has 90 valence electrons. The van der Waals surface area contributed by atoms with Crippen LogP contribution in [0.15, 0.2) is 24.3 Å². The fourth-order valence-corrected chi connectivity index (χ4v) is 1.62. The first-order chi connectivity index (χ1) is 7.59. The van der Waals surface area contributed by atoms with Crippen LogP contribution in [0.25, 0.3) is 0 Å². The van der Waals surface area contributed by atoms with Gasteiger partial charge in [0.15, 0.2) is 0 Å². The fraction of sp³-hybridized carbons (Fsp3) is 0.538. The Kier molecular flexibility index (Phi) is 5.23. The third-order valence-electron chi connectivity index (χ3n) is 2.42. The van der Waals surface area contributed by atoms with Gasteiger partial charge in [-0.1, -0.05) is 38.5 Å². The number of benzene rings is 1. The van der Waals surface area contributed by atoms with Gasteiger partial charge in [-0.15, -0.1) is 0 Å². The highest BCUT2D eigenvalue weighted by Crippen LogP contribution is 2.22. The Balaban J connectivity index is 2.56. The van der Waals surface area contributed by atoms with Crippen LogP contribution in [0.5, 0.6) is 5.75 Å². The summed E-state index contributed by atoms with van der Waals surface area (Å²) in [6.07, 6.45) is 2.89. The predicted molar refractivity (Wildman–Crippen MR) is 60.9 cm³/mol. The Hall–Kier alpha value is -1.12. The van der Waals surface area contributed by atoms with Gasteiger partial charge in [0.2, 0.25) is 0 Å². The lowest BCUT2D eigenvalue weighted by Gasteiger charge is -2.10. The summed E-state index contributed by atoms with van der Waals surface area (Å²) in [7, 11) is 0. The van der Waals surface area contributed by atoms with Crippen LogP contribution < -0.4 is 4.74 Å². The molecule has 0 heterocycles. The zero-order chi connectivity index (χ0) is 12.0. The van der Waals surface area contributed by atoms with E-state index in [1.54, 1.807) is 12.1 Å². The van der Waals surface area contributed by atoms with Gasteiger partial charge in [-0.25, -0.2) is 0 Å². The van der Waals surface area contributed by atoms with Crippen molar-refractivity contribution in [2.75, 3.05) is 0 Å². The van der Waals surface area contributed by atoms with Crippen molar-refractivity contribution in [1.29, 1.82) is 0 Å². The second kappa shape index (κ2) is 6.46. The summed E-state index contributed by atoms with van der Waals surface area (Å²) >= 11 is 0. The molecule has 0 aliphatic rings. The molecular weight excluding hydrogens is 210 g/mol. The summed E-state index contributed by atoms with van der Waals surface area (Å²) in [4.78, 5) is 0. The maximum atomic E-state index is 12.1. The van der Waals surface area contributed by atoms with Crippen LogP contribution in [0.2, 0.25) is 0 Å². The van der Waals surface area contributed by atoms with Crippen molar-refractivity contribution in [3.63, 3.8) is 0 Å². The zero-order valence-corrected chi connectivity index (χ0v) is 9.75. The number of halogens is 2. The Bertz CT molecular complexity index is 311. The van der Waals surface area contributed by atoms with Gasteiger partial charge in [-0.05, 0) is 30.4 Å². The third kappa shape index (κ3) is 4.60. The van der Waals surface area contributed by atoms with E-state index in [1.807, 2.05) is 12.1 Å². The van der Waals surface area contributed by atoms with Gasteiger partial charge in [-0.2, -0.15) is 8.78 Å². The molecule has 0 aromatic heterocycles. The van der Waals surface area contributed by atoms with Crippen LogP contribution >= 0.6 is 0 Å². The molecule has 0 amide bonds. The maximum Gasteiger partial charge on any atom is 0.387 e. The molecule has 1 rings (SSSR count). The highest BCUT2D eigenvalue weighted by Gasteiger charge is 2.08. The zero-order valence-electron chi connectivity index (χ0n) is 9.75. The molecule has 0 spiro atoms. The summed E-state index contributed by atoms with van der Waals surface area (Å²) in [5, 5.41) is 0. The van der Waals surface area contributed by atoms with Crippen molar-refractivity contribution in [3.05, 3.63) is 29.8 Å². The number of para-hydroxylation sites is 1. The highest BCUT2D eigenvalue weighted by molar-refractivity contribution is 5.33. The topological polar surface area (TPSA) is 9.23 Å². The second-order valence-corrected chi connectivity index (χ2v) is 4.27. The summed E-state index contributed by atoms with van der Waals surface area (Å²) in [5.74, 6) is 0.949. The van der Waals surface area contributed by atoms with Gasteiger partial charge in [-0.3, -0.25) is 0 Å². The van der Waals surface area contributed by atoms with Gasteiger partial charge in [0.1, 0.15) is 5.75 Å². The maximum absolute atomic E-state index is 12.1. The van der Waals surface area contributed by atoms with Crippen molar-refractivity contribution in [1.82, 2.24) is 0 Å². The second-order valence-electron chi connectivity index (χ2n) is 4.27. The minimum Gasteiger partial charge on any atom is -0.435 e. The van der Waals surface area contributed by atoms with Gasteiger partial charge in [0, 0.05) is 0 Å². The smallest absolute Gasteiger partial charge is 0.387 e. The van der Waals surface area contributed by atoms with Crippen LogP contribution in [0.1, 0.15) is 32.3 Å². The number of aryl methyl sites for hydroxylation is 1. The number of rotatable bonds is 6. The van der Waals surface area contributed by atoms with E-state index in [9.17, 15) is 8.78 Å². The van der Waals surface area contributed by atoms with Crippen molar-refractivity contribution in [2.45, 2.75) is 39.7 Å². The molecule has 16 heavy (non-hydrogen) atoms. The van der Waals surface area contributed by atoms with E-state index < -0.39 is 6.61 Å². The normalized spacial score (nSPS) is 11.1. The Morgan fingerprint density at radius 3 is 2.50 bits per heavy atom. The summed E-state index contributed by atoms with van der Waals surface area (Å²) in [5.41, 5.74) is 0.864. The van der Waals surface area contributed by atoms with E-state index >= 15 is 0 Å². The van der Waals surface area contributed by atoms with E-state index in [4.69, 9.17) is 0 Å². The van der Waals surface area contributed by atoms with Crippen LogP contribution in [0.4, 0.5) is 8.78 Å². The summed E-state index contributed by atoms with van der Waals surface area (Å²) in [6.45, 7) is 1.56. The first kappa shape index (κ1) is 12.9. The molecule has 1 aromatic carbocycles. The lowest BCUT2D eigenvalue weighted by Crippen LogP contribution is -2.04. The number of hydrogen-bond donors (Lipinski definition) is 0. The average molecular weight is 228 g/mol. The van der Waals surface area contributed by atoms with Crippen LogP contribution in [-0.2, 0) is 6.42 Å². The first-order valence-corrected chi connectivity index (χ1v) is 5.62. The van der Waals surface area contributed by atoms with Crippen LogP contribution in [-0.4, -0.2) is 6.61 Å². The van der Waals surface area contributed by atoms with Crippen LogP contribution in [0.3, 0.4) is 0 Å². The fourth-order valence-electron chi connectivity index (χ4n) is 1.62. The predicted octanol–water partition coefficient (Wildman–Crippen LogP) is 4.27. The summed E-state index contributed by atoms with van der Waals surface area (Å²) < 4.78 is 28.7. The Morgan fingerprint density at radius 1 is 1.19 bits per heavy atom. The molecule has 0 atom stereocenters. The van der Waals surface area contributed by atoms with E-state index in [0.29, 0.717) is 11.7 Å². The average Bonchev–Trinajstić information content (AvgIpc) is 2.19. The van der Waals surface area contributed by atoms with E-state index in [2.05, 4.69) is 18.6 Å². The SMILES string of the molecule is CC(C)CCCc1ccccc1OC(F)F. The van der Waals surface area contributed by atoms with Crippen molar-refractivity contribution >= 4 is 0 Å². The molecule has 1 nitrogen and oxygen atoms in total. The van der Waals surface area contributed by atoms with E-state index in [0.717, 1.165) is 24.8 Å². The van der Waals surface area contributed by atoms with E-state index in [1.165, 1.54) is 0 Å². The number of alkyl halides is 2. The Labute approximate surface area is 95.4 Å². The quantitative estimate of drug-likeness (QED) is 0.706. The standard InChI is InChI=1S/C13H18F2O/c1-10(2)6-5-8-11-7-3-4-9-12(11)16-13(14)15/h3-4,7,9-10,13H,5-6,8H2,1-2H3. The van der Waals surface area contributed by atoms with Crippen molar-refractivity contribution < 1.29 is 13.5 Å². The minimum absolute atomic E-state index is 0.307. The molecule has 0 saturated heterocycles. The molecule has 0 bridgehead atoms. The highest BCUT2D eigenvalue weighted by atomic mass is 19.3. The minimum atomic E-state index is -2.74. The number of ether oxygens (including phenoxy) is 1.